The summed E-state index contributed by atoms with van der Waals surface area (Å²) < 4.78 is 5.71. The van der Waals surface area contributed by atoms with E-state index in [0.717, 1.165) is 43.8 Å². The molecule has 5 heteroatoms. The summed E-state index contributed by atoms with van der Waals surface area (Å²) in [5.74, 6) is 0.796. The first kappa shape index (κ1) is 16.1. The minimum absolute atomic E-state index is 0.0686. The van der Waals surface area contributed by atoms with Crippen molar-refractivity contribution < 1.29 is 9.53 Å². The number of benzene rings is 1. The molecule has 0 spiro atoms. The molecule has 1 heterocycles. The number of nitrogens with one attached hydrogen (secondary N) is 1. The summed E-state index contributed by atoms with van der Waals surface area (Å²) in [6, 6.07) is 5.50. The van der Waals surface area contributed by atoms with Gasteiger partial charge in [0, 0.05) is 30.2 Å². The van der Waals surface area contributed by atoms with E-state index in [1.165, 1.54) is 6.42 Å². The lowest BCUT2D eigenvalue weighted by Crippen LogP contribution is -2.38. The summed E-state index contributed by atoms with van der Waals surface area (Å²) in [7, 11) is 0. The molecule has 116 valence electrons. The molecular weight excluding hydrogens is 288 g/mol. The number of carbonyl (C=O) groups excluding carboxylic acids is 1. The molecule has 1 amide bonds. The maximum Gasteiger partial charge on any atom is 0.260 e. The molecule has 1 aromatic carbocycles. The smallest absolute Gasteiger partial charge is 0.260 e. The zero-order chi connectivity index (χ0) is 15.1. The predicted molar refractivity (Wildman–Crippen MR) is 84.8 cm³/mol. The van der Waals surface area contributed by atoms with Crippen LogP contribution in [0.15, 0.2) is 18.2 Å². The maximum atomic E-state index is 12.1. The lowest BCUT2D eigenvalue weighted by molar-refractivity contribution is -0.134. The number of carbonyl (C=O) groups is 1. The van der Waals surface area contributed by atoms with Gasteiger partial charge in [0.05, 0.1) is 0 Å². The minimum atomic E-state index is 0.0686. The van der Waals surface area contributed by atoms with E-state index in [0.29, 0.717) is 11.6 Å². The summed E-state index contributed by atoms with van der Waals surface area (Å²) in [6.07, 6.45) is 3.41. The lowest BCUT2D eigenvalue weighted by Gasteiger charge is -2.26. The van der Waals surface area contributed by atoms with Gasteiger partial charge >= 0.3 is 0 Å². The topological polar surface area (TPSA) is 41.6 Å². The molecule has 0 unspecified atom stereocenters. The highest BCUT2D eigenvalue weighted by Crippen LogP contribution is 2.23. The summed E-state index contributed by atoms with van der Waals surface area (Å²) in [5.41, 5.74) is 0.982. The fourth-order valence-corrected chi connectivity index (χ4v) is 2.66. The Hall–Kier alpha value is -1.26. The Morgan fingerprint density at radius 1 is 1.33 bits per heavy atom. The van der Waals surface area contributed by atoms with Gasteiger partial charge in [-0.25, -0.2) is 0 Å². The van der Waals surface area contributed by atoms with Crippen LogP contribution in [0, 0.1) is 0 Å². The van der Waals surface area contributed by atoms with Crippen LogP contribution in [0.5, 0.6) is 5.75 Å². The molecular formula is C16H23ClN2O2. The van der Waals surface area contributed by atoms with Crippen molar-refractivity contribution in [3.05, 3.63) is 28.8 Å². The second kappa shape index (κ2) is 8.25. The Morgan fingerprint density at radius 2 is 2.10 bits per heavy atom. The highest BCUT2D eigenvalue weighted by Gasteiger charge is 2.17. The van der Waals surface area contributed by atoms with Crippen LogP contribution in [-0.2, 0) is 11.3 Å². The second-order valence-corrected chi connectivity index (χ2v) is 5.70. The zero-order valence-corrected chi connectivity index (χ0v) is 13.3. The lowest BCUT2D eigenvalue weighted by atomic mass is 10.1. The largest absolute Gasteiger partial charge is 0.483 e. The minimum Gasteiger partial charge on any atom is -0.483 e. The first-order chi connectivity index (χ1) is 10.2. The third-order valence-corrected chi connectivity index (χ3v) is 3.88. The Kier molecular flexibility index (Phi) is 6.33. The molecule has 1 N–H and O–H groups in total. The number of likely N-dealkylation sites (tertiary alicyclic amines) is 1. The van der Waals surface area contributed by atoms with Gasteiger partial charge in [-0.1, -0.05) is 18.5 Å². The fraction of sp³-hybridized carbons (Fsp3) is 0.562. The summed E-state index contributed by atoms with van der Waals surface area (Å²) in [4.78, 5) is 14.0. The number of halogens is 1. The number of nitrogens with zero attached hydrogens (tertiary/aromatic N) is 1. The Labute approximate surface area is 131 Å². The highest BCUT2D eigenvalue weighted by atomic mass is 35.5. The molecule has 0 atom stereocenters. The van der Waals surface area contributed by atoms with Gasteiger partial charge in [-0.3, -0.25) is 4.79 Å². The number of ether oxygens (including phenoxy) is 1. The Balaban J connectivity index is 1.93. The number of hydrogen-bond donors (Lipinski definition) is 1. The molecule has 0 bridgehead atoms. The van der Waals surface area contributed by atoms with Gasteiger partial charge in [0.25, 0.3) is 5.91 Å². The SMILES string of the molecule is CCNCc1cc(Cl)ccc1OCC(=O)N1CCCCC1. The van der Waals surface area contributed by atoms with Gasteiger partial charge in [-0.2, -0.15) is 0 Å². The van der Waals surface area contributed by atoms with Crippen LogP contribution in [-0.4, -0.2) is 37.0 Å². The molecule has 0 aliphatic carbocycles. The molecule has 0 radical (unpaired) electrons. The Morgan fingerprint density at radius 3 is 2.81 bits per heavy atom. The second-order valence-electron chi connectivity index (χ2n) is 5.26. The number of amides is 1. The normalized spacial score (nSPS) is 15.0. The van der Waals surface area contributed by atoms with E-state index in [9.17, 15) is 4.79 Å². The van der Waals surface area contributed by atoms with E-state index in [-0.39, 0.29) is 12.5 Å². The van der Waals surface area contributed by atoms with E-state index in [1.807, 2.05) is 24.0 Å². The van der Waals surface area contributed by atoms with Crippen molar-refractivity contribution in [1.82, 2.24) is 10.2 Å². The first-order valence-corrected chi connectivity index (χ1v) is 7.98. The number of piperidine rings is 1. The molecule has 4 nitrogen and oxygen atoms in total. The van der Waals surface area contributed by atoms with Crippen molar-refractivity contribution in [3.8, 4) is 5.75 Å². The third kappa shape index (κ3) is 4.90. The molecule has 1 aliphatic heterocycles. The van der Waals surface area contributed by atoms with E-state index >= 15 is 0 Å². The third-order valence-electron chi connectivity index (χ3n) is 3.65. The van der Waals surface area contributed by atoms with Crippen molar-refractivity contribution in [3.63, 3.8) is 0 Å². The average Bonchev–Trinajstić information content (AvgIpc) is 2.52. The molecule has 1 aromatic rings. The van der Waals surface area contributed by atoms with Crippen molar-refractivity contribution in [2.75, 3.05) is 26.2 Å². The van der Waals surface area contributed by atoms with Crippen molar-refractivity contribution in [2.24, 2.45) is 0 Å². The van der Waals surface area contributed by atoms with Crippen molar-refractivity contribution in [1.29, 1.82) is 0 Å². The van der Waals surface area contributed by atoms with Crippen LogP contribution >= 0.6 is 11.6 Å². The van der Waals surface area contributed by atoms with Crippen LogP contribution < -0.4 is 10.1 Å². The highest BCUT2D eigenvalue weighted by molar-refractivity contribution is 6.30. The van der Waals surface area contributed by atoms with Crippen LogP contribution in [0.4, 0.5) is 0 Å². The van der Waals surface area contributed by atoms with Gasteiger partial charge in [0.2, 0.25) is 0 Å². The number of rotatable bonds is 6. The standard InChI is InChI=1S/C16H23ClN2O2/c1-2-18-11-13-10-14(17)6-7-15(13)21-12-16(20)19-8-4-3-5-9-19/h6-7,10,18H,2-5,8-9,11-12H2,1H3. The van der Waals surface area contributed by atoms with Crippen LogP contribution in [0.3, 0.4) is 0 Å². The van der Waals surface area contributed by atoms with E-state index in [4.69, 9.17) is 16.3 Å². The van der Waals surface area contributed by atoms with Gasteiger partial charge < -0.3 is 15.0 Å². The molecule has 21 heavy (non-hydrogen) atoms. The van der Waals surface area contributed by atoms with E-state index in [2.05, 4.69) is 5.32 Å². The summed E-state index contributed by atoms with van der Waals surface area (Å²) in [6.45, 7) is 5.41. The Bertz CT molecular complexity index is 473. The zero-order valence-electron chi connectivity index (χ0n) is 12.5. The van der Waals surface area contributed by atoms with Gasteiger partial charge in [0.15, 0.2) is 6.61 Å². The van der Waals surface area contributed by atoms with Crippen LogP contribution in [0.1, 0.15) is 31.7 Å². The predicted octanol–water partition coefficient (Wildman–Crippen LogP) is 2.84. The molecule has 1 fully saturated rings. The van der Waals surface area contributed by atoms with Crippen molar-refractivity contribution >= 4 is 17.5 Å². The van der Waals surface area contributed by atoms with E-state index < -0.39 is 0 Å². The quantitative estimate of drug-likeness (QED) is 0.878. The van der Waals surface area contributed by atoms with Gasteiger partial charge in [0.1, 0.15) is 5.75 Å². The molecule has 0 aromatic heterocycles. The molecule has 1 aliphatic rings. The van der Waals surface area contributed by atoms with E-state index in [1.54, 1.807) is 6.07 Å². The first-order valence-electron chi connectivity index (χ1n) is 7.60. The van der Waals surface area contributed by atoms with Gasteiger partial charge in [-0.05, 0) is 44.0 Å². The summed E-state index contributed by atoms with van der Waals surface area (Å²) in [5, 5.41) is 3.93. The van der Waals surface area contributed by atoms with Crippen LogP contribution in [0.25, 0.3) is 0 Å². The van der Waals surface area contributed by atoms with Crippen molar-refractivity contribution in [2.45, 2.75) is 32.7 Å². The summed E-state index contributed by atoms with van der Waals surface area (Å²) >= 11 is 6.02. The number of hydrogen-bond acceptors (Lipinski definition) is 3. The average molecular weight is 311 g/mol. The maximum absolute atomic E-state index is 12.1. The molecule has 2 rings (SSSR count). The van der Waals surface area contributed by atoms with Gasteiger partial charge in [-0.15, -0.1) is 0 Å². The van der Waals surface area contributed by atoms with Crippen LogP contribution in [0.2, 0.25) is 5.02 Å². The molecule has 1 saturated heterocycles. The monoisotopic (exact) mass is 310 g/mol. The fourth-order valence-electron chi connectivity index (χ4n) is 2.46. The molecule has 0 saturated carbocycles.